The van der Waals surface area contributed by atoms with E-state index in [4.69, 9.17) is 4.74 Å². The Bertz CT molecular complexity index is 638. The van der Waals surface area contributed by atoms with Crippen molar-refractivity contribution in [1.82, 2.24) is 10.3 Å². The molecule has 0 saturated carbocycles. The van der Waals surface area contributed by atoms with Crippen molar-refractivity contribution in [3.63, 3.8) is 0 Å². The van der Waals surface area contributed by atoms with E-state index < -0.39 is 35.5 Å². The summed E-state index contributed by atoms with van der Waals surface area (Å²) in [5, 5.41) is 4.66. The molecule has 0 saturated heterocycles. The van der Waals surface area contributed by atoms with E-state index in [2.05, 4.69) is 15.6 Å². The first-order valence-electron chi connectivity index (χ1n) is 6.83. The topological polar surface area (TPSA) is 80.3 Å². The van der Waals surface area contributed by atoms with E-state index in [0.717, 1.165) is 6.07 Å². The van der Waals surface area contributed by atoms with Crippen molar-refractivity contribution in [2.75, 3.05) is 5.32 Å². The molecule has 2 amide bonds. The van der Waals surface area contributed by atoms with Crippen LogP contribution in [0.1, 0.15) is 32.0 Å². The number of carbonyl (C=O) groups excluding carboxylic acids is 2. The van der Waals surface area contributed by atoms with E-state index in [9.17, 15) is 22.8 Å². The fourth-order valence-electron chi connectivity index (χ4n) is 2.00. The number of ether oxygens (including phenoxy) is 1. The number of hydrogen-bond donors (Lipinski definition) is 2. The van der Waals surface area contributed by atoms with Crippen LogP contribution in [0.15, 0.2) is 12.1 Å². The van der Waals surface area contributed by atoms with Gasteiger partial charge in [-0.15, -0.1) is 0 Å². The number of alkyl carbamates (subject to hydrolysis) is 1. The molecule has 1 aliphatic rings. The van der Waals surface area contributed by atoms with Crippen molar-refractivity contribution in [2.24, 2.45) is 0 Å². The van der Waals surface area contributed by atoms with Crippen LogP contribution >= 0.6 is 0 Å². The number of aromatic nitrogens is 1. The lowest BCUT2D eigenvalue weighted by molar-refractivity contribution is -0.141. The van der Waals surface area contributed by atoms with E-state index in [1.165, 1.54) is 6.07 Å². The Hall–Kier alpha value is -2.32. The quantitative estimate of drug-likeness (QED) is 0.828. The maximum Gasteiger partial charge on any atom is 0.433 e. The first-order chi connectivity index (χ1) is 10.5. The second-order valence-electron chi connectivity index (χ2n) is 6.09. The molecule has 1 aromatic heterocycles. The van der Waals surface area contributed by atoms with Crippen LogP contribution in [0.25, 0.3) is 0 Å². The van der Waals surface area contributed by atoms with Crippen LogP contribution in [-0.4, -0.2) is 28.6 Å². The van der Waals surface area contributed by atoms with Gasteiger partial charge in [0.15, 0.2) is 0 Å². The minimum Gasteiger partial charge on any atom is -0.444 e. The van der Waals surface area contributed by atoms with Crippen molar-refractivity contribution in [1.29, 1.82) is 0 Å². The molecule has 0 aliphatic carbocycles. The zero-order valence-electron chi connectivity index (χ0n) is 12.7. The van der Waals surface area contributed by atoms with Crippen molar-refractivity contribution >= 4 is 17.8 Å². The molecule has 0 aromatic carbocycles. The van der Waals surface area contributed by atoms with Gasteiger partial charge in [0.1, 0.15) is 23.2 Å². The lowest BCUT2D eigenvalue weighted by Gasteiger charge is -2.27. The van der Waals surface area contributed by atoms with Crippen LogP contribution in [0.3, 0.4) is 0 Å². The van der Waals surface area contributed by atoms with Crippen molar-refractivity contribution in [3.8, 4) is 0 Å². The highest BCUT2D eigenvalue weighted by Gasteiger charge is 2.35. The fourth-order valence-corrected chi connectivity index (χ4v) is 2.00. The highest BCUT2D eigenvalue weighted by Crippen LogP contribution is 2.31. The lowest BCUT2D eigenvalue weighted by atomic mass is 10.0. The van der Waals surface area contributed by atoms with E-state index in [0.29, 0.717) is 5.56 Å². The zero-order chi connectivity index (χ0) is 17.4. The maximum absolute atomic E-state index is 12.6. The maximum atomic E-state index is 12.6. The molecule has 1 aliphatic heterocycles. The summed E-state index contributed by atoms with van der Waals surface area (Å²) in [6.07, 6.45) is -5.34. The summed E-state index contributed by atoms with van der Waals surface area (Å²) >= 11 is 0. The number of pyridine rings is 1. The average molecular weight is 331 g/mol. The van der Waals surface area contributed by atoms with Crippen LogP contribution in [0.2, 0.25) is 0 Å². The number of alkyl halides is 3. The molecule has 0 unspecified atom stereocenters. The SMILES string of the molecule is CC(C)(C)OC(=O)N[C@@H]1Cc2ccc(C(F)(F)F)nc2NC1=O. The molecule has 2 heterocycles. The number of amides is 2. The molecule has 2 rings (SSSR count). The van der Waals surface area contributed by atoms with E-state index >= 15 is 0 Å². The molecular weight excluding hydrogens is 315 g/mol. The molecule has 1 aromatic rings. The summed E-state index contributed by atoms with van der Waals surface area (Å²) in [6.45, 7) is 5.02. The summed E-state index contributed by atoms with van der Waals surface area (Å²) in [5.74, 6) is -0.790. The second-order valence-corrected chi connectivity index (χ2v) is 6.09. The molecule has 0 fully saturated rings. The van der Waals surface area contributed by atoms with Crippen LogP contribution < -0.4 is 10.6 Å². The molecule has 0 radical (unpaired) electrons. The van der Waals surface area contributed by atoms with Gasteiger partial charge >= 0.3 is 12.3 Å². The third kappa shape index (κ3) is 4.33. The standard InChI is InChI=1S/C14H16F3N3O3/c1-13(2,3)23-12(22)18-8-6-7-4-5-9(14(15,16)17)19-10(7)20-11(8)21/h4-5,8H,6H2,1-3H3,(H,18,22)(H,19,20,21)/t8-/m1/s1. The van der Waals surface area contributed by atoms with Gasteiger partial charge in [-0.25, -0.2) is 9.78 Å². The van der Waals surface area contributed by atoms with Gasteiger partial charge in [0.25, 0.3) is 0 Å². The van der Waals surface area contributed by atoms with Gasteiger partial charge in [-0.3, -0.25) is 4.79 Å². The van der Waals surface area contributed by atoms with E-state index in [1.54, 1.807) is 20.8 Å². The number of halogens is 3. The van der Waals surface area contributed by atoms with E-state index in [1.807, 2.05) is 0 Å². The number of anilines is 1. The predicted octanol–water partition coefficient (Wildman–Crippen LogP) is 2.49. The Kier molecular flexibility index (Phi) is 4.23. The van der Waals surface area contributed by atoms with Crippen LogP contribution in [0, 0.1) is 0 Å². The smallest absolute Gasteiger partial charge is 0.433 e. The lowest BCUT2D eigenvalue weighted by Crippen LogP contribution is -2.49. The number of fused-ring (bicyclic) bond motifs is 1. The van der Waals surface area contributed by atoms with Gasteiger partial charge in [-0.05, 0) is 32.4 Å². The zero-order valence-corrected chi connectivity index (χ0v) is 12.7. The monoisotopic (exact) mass is 331 g/mol. The third-order valence-corrected chi connectivity index (χ3v) is 2.94. The normalized spacial score (nSPS) is 18.0. The molecule has 6 nitrogen and oxygen atoms in total. The van der Waals surface area contributed by atoms with Crippen LogP contribution in [-0.2, 0) is 22.1 Å². The number of rotatable bonds is 1. The van der Waals surface area contributed by atoms with Crippen LogP contribution in [0.5, 0.6) is 0 Å². The summed E-state index contributed by atoms with van der Waals surface area (Å²) in [4.78, 5) is 27.0. The number of nitrogens with one attached hydrogen (secondary N) is 2. The summed E-state index contributed by atoms with van der Waals surface area (Å²) < 4.78 is 42.9. The Labute approximate surface area is 130 Å². The predicted molar refractivity (Wildman–Crippen MR) is 74.7 cm³/mol. The highest BCUT2D eigenvalue weighted by molar-refractivity contribution is 5.98. The first-order valence-corrected chi connectivity index (χ1v) is 6.83. The van der Waals surface area contributed by atoms with Gasteiger partial charge in [-0.1, -0.05) is 6.07 Å². The molecule has 23 heavy (non-hydrogen) atoms. The van der Waals surface area contributed by atoms with Crippen LogP contribution in [0.4, 0.5) is 23.8 Å². The van der Waals surface area contributed by atoms with Crippen molar-refractivity contribution in [2.45, 2.75) is 45.0 Å². The highest BCUT2D eigenvalue weighted by atomic mass is 19.4. The Morgan fingerprint density at radius 1 is 1.35 bits per heavy atom. The summed E-state index contributed by atoms with van der Waals surface area (Å²) in [5.41, 5.74) is -1.41. The van der Waals surface area contributed by atoms with Crippen molar-refractivity contribution in [3.05, 3.63) is 23.4 Å². The van der Waals surface area contributed by atoms with Gasteiger partial charge in [0.2, 0.25) is 5.91 Å². The molecule has 2 N–H and O–H groups in total. The van der Waals surface area contributed by atoms with Crippen molar-refractivity contribution < 1.29 is 27.5 Å². The Balaban J connectivity index is 2.12. The van der Waals surface area contributed by atoms with Gasteiger partial charge in [0, 0.05) is 6.42 Å². The molecule has 126 valence electrons. The third-order valence-electron chi connectivity index (χ3n) is 2.94. The van der Waals surface area contributed by atoms with E-state index in [-0.39, 0.29) is 12.2 Å². The van der Waals surface area contributed by atoms with Gasteiger partial charge in [0.05, 0.1) is 0 Å². The largest absolute Gasteiger partial charge is 0.444 e. The number of hydrogen-bond acceptors (Lipinski definition) is 4. The summed E-state index contributed by atoms with van der Waals surface area (Å²) in [6, 6.07) is 1.13. The molecule has 0 bridgehead atoms. The second kappa shape index (κ2) is 5.71. The minimum absolute atomic E-state index is 0.0333. The molecular formula is C14H16F3N3O3. The number of carbonyl (C=O) groups is 2. The fraction of sp³-hybridized carbons (Fsp3) is 0.500. The first kappa shape index (κ1) is 17.0. The number of nitrogens with zero attached hydrogens (tertiary/aromatic N) is 1. The minimum atomic E-state index is -4.59. The molecule has 1 atom stereocenters. The molecule has 0 spiro atoms. The van der Waals surface area contributed by atoms with Gasteiger partial charge < -0.3 is 15.4 Å². The van der Waals surface area contributed by atoms with Gasteiger partial charge in [-0.2, -0.15) is 13.2 Å². The summed E-state index contributed by atoms with van der Waals surface area (Å²) in [7, 11) is 0. The Morgan fingerprint density at radius 2 is 2.00 bits per heavy atom. The Morgan fingerprint density at radius 3 is 2.57 bits per heavy atom. The molecule has 9 heteroatoms. The average Bonchev–Trinajstić information content (AvgIpc) is 2.35.